The third-order valence-corrected chi connectivity index (χ3v) is 4.06. The van der Waals surface area contributed by atoms with Gasteiger partial charge in [0.15, 0.2) is 5.82 Å². The van der Waals surface area contributed by atoms with E-state index < -0.39 is 0 Å². The molecule has 1 aliphatic heterocycles. The predicted octanol–water partition coefficient (Wildman–Crippen LogP) is 1.54. The Morgan fingerprint density at radius 2 is 2.33 bits per heavy atom. The second kappa shape index (κ2) is 5.36. The first-order valence-corrected chi connectivity index (χ1v) is 7.10. The van der Waals surface area contributed by atoms with E-state index in [1.807, 2.05) is 0 Å². The molecule has 0 bridgehead atoms. The summed E-state index contributed by atoms with van der Waals surface area (Å²) in [5.41, 5.74) is 0. The number of hydrogen-bond acceptors (Lipinski definition) is 4. The van der Waals surface area contributed by atoms with Crippen LogP contribution in [-0.2, 0) is 11.2 Å². The number of aromatic nitrogens is 3. The van der Waals surface area contributed by atoms with Crippen LogP contribution in [0.25, 0.3) is 0 Å². The van der Waals surface area contributed by atoms with E-state index in [0.29, 0.717) is 0 Å². The fraction of sp³-hybridized carbons (Fsp3) is 0.846. The molecule has 18 heavy (non-hydrogen) atoms. The molecule has 5 heteroatoms. The van der Waals surface area contributed by atoms with Crippen LogP contribution < -0.4 is 0 Å². The molecule has 2 fully saturated rings. The van der Waals surface area contributed by atoms with Crippen LogP contribution in [-0.4, -0.2) is 46.3 Å². The fourth-order valence-corrected chi connectivity index (χ4v) is 2.68. The highest BCUT2D eigenvalue weighted by Gasteiger charge is 2.28. The summed E-state index contributed by atoms with van der Waals surface area (Å²) in [6.45, 7) is 6.10. The number of nitrogens with zero attached hydrogens (tertiary/aromatic N) is 3. The lowest BCUT2D eigenvalue weighted by atomic mass is 9.85. The summed E-state index contributed by atoms with van der Waals surface area (Å²) >= 11 is 0. The number of nitrogens with one attached hydrogen (secondary N) is 1. The summed E-state index contributed by atoms with van der Waals surface area (Å²) in [5.74, 6) is 2.69. The van der Waals surface area contributed by atoms with Crippen molar-refractivity contribution in [2.45, 2.75) is 38.7 Å². The molecule has 100 valence electrons. The minimum absolute atomic E-state index is 0.0513. The largest absolute Gasteiger partial charge is 0.367 e. The van der Waals surface area contributed by atoms with Crippen LogP contribution in [0.3, 0.4) is 0 Å². The zero-order chi connectivity index (χ0) is 12.4. The van der Waals surface area contributed by atoms with Crippen molar-refractivity contribution in [3.05, 3.63) is 11.6 Å². The molecule has 1 saturated carbocycles. The van der Waals surface area contributed by atoms with Crippen LogP contribution in [0.2, 0.25) is 0 Å². The first-order valence-electron chi connectivity index (χ1n) is 7.10. The van der Waals surface area contributed by atoms with Gasteiger partial charge in [0.1, 0.15) is 11.9 Å². The molecule has 0 spiro atoms. The highest BCUT2D eigenvalue weighted by molar-refractivity contribution is 4.96. The Bertz CT molecular complexity index is 388. The molecule has 1 aliphatic carbocycles. The maximum Gasteiger partial charge on any atom is 0.180 e. The van der Waals surface area contributed by atoms with Gasteiger partial charge in [-0.25, -0.2) is 4.98 Å². The third-order valence-electron chi connectivity index (χ3n) is 4.06. The number of ether oxygens (including phenoxy) is 1. The van der Waals surface area contributed by atoms with E-state index in [9.17, 15) is 0 Å². The van der Waals surface area contributed by atoms with Crippen LogP contribution in [0.4, 0.5) is 0 Å². The van der Waals surface area contributed by atoms with Crippen molar-refractivity contribution >= 4 is 0 Å². The molecule has 2 aliphatic rings. The van der Waals surface area contributed by atoms with E-state index in [0.717, 1.165) is 43.7 Å². The van der Waals surface area contributed by atoms with Gasteiger partial charge in [0.25, 0.3) is 0 Å². The first kappa shape index (κ1) is 12.1. The van der Waals surface area contributed by atoms with Crippen LogP contribution >= 0.6 is 0 Å². The highest BCUT2D eigenvalue weighted by atomic mass is 16.5. The lowest BCUT2D eigenvalue weighted by Gasteiger charge is -2.36. The number of aromatic amines is 1. The standard InChI is InChI=1S/C13H22N4O/c1-2-12-14-13(16-15-12)11-9-17(6-7-18-11)8-10-4-3-5-10/h10-11H,2-9H2,1H3,(H,14,15,16)/t11-/m1/s1. The van der Waals surface area contributed by atoms with Gasteiger partial charge in [-0.3, -0.25) is 10.00 Å². The second-order valence-corrected chi connectivity index (χ2v) is 5.41. The average molecular weight is 250 g/mol. The van der Waals surface area contributed by atoms with Gasteiger partial charge in [0.2, 0.25) is 0 Å². The predicted molar refractivity (Wildman–Crippen MR) is 68.2 cm³/mol. The van der Waals surface area contributed by atoms with Crippen molar-refractivity contribution < 1.29 is 4.74 Å². The topological polar surface area (TPSA) is 54.0 Å². The quantitative estimate of drug-likeness (QED) is 0.880. The number of rotatable bonds is 4. The molecule has 5 nitrogen and oxygen atoms in total. The van der Waals surface area contributed by atoms with Crippen LogP contribution in [0.1, 0.15) is 43.9 Å². The van der Waals surface area contributed by atoms with Gasteiger partial charge in [0.05, 0.1) is 6.61 Å². The van der Waals surface area contributed by atoms with E-state index in [-0.39, 0.29) is 6.10 Å². The zero-order valence-corrected chi connectivity index (χ0v) is 11.1. The van der Waals surface area contributed by atoms with Gasteiger partial charge >= 0.3 is 0 Å². The number of hydrogen-bond donors (Lipinski definition) is 1. The average Bonchev–Trinajstić information content (AvgIpc) is 2.83. The van der Waals surface area contributed by atoms with Gasteiger partial charge in [-0.05, 0) is 18.8 Å². The Balaban J connectivity index is 1.58. The summed E-state index contributed by atoms with van der Waals surface area (Å²) < 4.78 is 5.80. The number of H-pyrrole nitrogens is 1. The molecular formula is C13H22N4O. The van der Waals surface area contributed by atoms with Gasteiger partial charge in [-0.15, -0.1) is 0 Å². The molecule has 3 rings (SSSR count). The van der Waals surface area contributed by atoms with Gasteiger partial charge in [-0.1, -0.05) is 13.3 Å². The molecular weight excluding hydrogens is 228 g/mol. The van der Waals surface area contributed by atoms with Crippen LogP contribution in [0.5, 0.6) is 0 Å². The minimum atomic E-state index is 0.0513. The second-order valence-electron chi connectivity index (χ2n) is 5.41. The SMILES string of the molecule is CCc1nc([C@H]2CN(CC3CCC3)CCO2)n[nH]1. The maximum absolute atomic E-state index is 5.80. The Morgan fingerprint density at radius 3 is 3.00 bits per heavy atom. The number of aryl methyl sites for hydroxylation is 1. The van der Waals surface area contributed by atoms with Crippen molar-refractivity contribution in [2.75, 3.05) is 26.2 Å². The summed E-state index contributed by atoms with van der Waals surface area (Å²) in [4.78, 5) is 7.00. The third kappa shape index (κ3) is 2.57. The van der Waals surface area contributed by atoms with Crippen molar-refractivity contribution in [3.8, 4) is 0 Å². The Labute approximate surface area is 108 Å². The molecule has 1 aromatic heterocycles. The molecule has 1 N–H and O–H groups in total. The van der Waals surface area contributed by atoms with E-state index in [1.54, 1.807) is 0 Å². The van der Waals surface area contributed by atoms with Gasteiger partial charge in [-0.2, -0.15) is 5.10 Å². The van der Waals surface area contributed by atoms with E-state index in [2.05, 4.69) is 27.0 Å². The molecule has 2 heterocycles. The molecule has 1 aromatic rings. The van der Waals surface area contributed by atoms with E-state index in [1.165, 1.54) is 25.8 Å². The maximum atomic E-state index is 5.80. The molecule has 0 radical (unpaired) electrons. The van der Waals surface area contributed by atoms with Crippen molar-refractivity contribution in [3.63, 3.8) is 0 Å². The molecule has 1 saturated heterocycles. The molecule has 0 aromatic carbocycles. The van der Waals surface area contributed by atoms with Crippen LogP contribution in [0, 0.1) is 5.92 Å². The van der Waals surface area contributed by atoms with Gasteiger partial charge < -0.3 is 4.74 Å². The van der Waals surface area contributed by atoms with Crippen molar-refractivity contribution in [1.29, 1.82) is 0 Å². The fourth-order valence-electron chi connectivity index (χ4n) is 2.68. The van der Waals surface area contributed by atoms with Crippen molar-refractivity contribution in [2.24, 2.45) is 5.92 Å². The number of morpholine rings is 1. The molecule has 0 amide bonds. The summed E-state index contributed by atoms with van der Waals surface area (Å²) in [5, 5.41) is 7.24. The minimum Gasteiger partial charge on any atom is -0.367 e. The zero-order valence-electron chi connectivity index (χ0n) is 11.1. The smallest absolute Gasteiger partial charge is 0.180 e. The Morgan fingerprint density at radius 1 is 1.44 bits per heavy atom. The lowest BCUT2D eigenvalue weighted by Crippen LogP contribution is -2.42. The molecule has 0 unspecified atom stereocenters. The van der Waals surface area contributed by atoms with Crippen LogP contribution in [0.15, 0.2) is 0 Å². The van der Waals surface area contributed by atoms with Crippen molar-refractivity contribution in [1.82, 2.24) is 20.1 Å². The first-order chi connectivity index (χ1) is 8.85. The monoisotopic (exact) mass is 250 g/mol. The normalized spacial score (nSPS) is 26.2. The lowest BCUT2D eigenvalue weighted by molar-refractivity contribution is -0.0419. The van der Waals surface area contributed by atoms with E-state index >= 15 is 0 Å². The van der Waals surface area contributed by atoms with Gasteiger partial charge in [0, 0.05) is 26.1 Å². The summed E-state index contributed by atoms with van der Waals surface area (Å²) in [7, 11) is 0. The van der Waals surface area contributed by atoms with E-state index in [4.69, 9.17) is 4.74 Å². The summed E-state index contributed by atoms with van der Waals surface area (Å²) in [6, 6.07) is 0. The Kier molecular flexibility index (Phi) is 3.61. The summed E-state index contributed by atoms with van der Waals surface area (Å²) in [6.07, 6.45) is 5.17. The molecule has 1 atom stereocenters. The highest BCUT2D eigenvalue weighted by Crippen LogP contribution is 2.29. The Hall–Kier alpha value is -0.940.